The van der Waals surface area contributed by atoms with Gasteiger partial charge in [0.1, 0.15) is 5.69 Å². The molecule has 0 bridgehead atoms. The van der Waals surface area contributed by atoms with Crippen molar-refractivity contribution in [2.45, 2.75) is 41.9 Å². The van der Waals surface area contributed by atoms with E-state index < -0.39 is 17.1 Å². The van der Waals surface area contributed by atoms with E-state index in [9.17, 15) is 18.0 Å². The van der Waals surface area contributed by atoms with Crippen LogP contribution >= 0.6 is 11.8 Å². The van der Waals surface area contributed by atoms with Crippen molar-refractivity contribution >= 4 is 17.7 Å². The molecule has 0 spiro atoms. The molecule has 1 atom stereocenters. The molecule has 0 N–H and O–H groups in total. The second kappa shape index (κ2) is 6.64. The first-order valence-corrected chi connectivity index (χ1v) is 8.28. The summed E-state index contributed by atoms with van der Waals surface area (Å²) < 4.78 is 43.3. The van der Waals surface area contributed by atoms with E-state index in [1.54, 1.807) is 0 Å². The lowest BCUT2D eigenvalue weighted by Crippen LogP contribution is -2.41. The lowest BCUT2D eigenvalue weighted by Gasteiger charge is -2.31. The molecule has 1 amide bonds. The number of alkyl halides is 3. The van der Waals surface area contributed by atoms with Gasteiger partial charge in [0.2, 0.25) is 5.91 Å². The van der Waals surface area contributed by atoms with Gasteiger partial charge in [0, 0.05) is 32.0 Å². The summed E-state index contributed by atoms with van der Waals surface area (Å²) in [6, 6.07) is 0.999. The van der Waals surface area contributed by atoms with Crippen LogP contribution in [0.15, 0.2) is 17.4 Å². The summed E-state index contributed by atoms with van der Waals surface area (Å²) in [5, 5.41) is -0.423. The van der Waals surface area contributed by atoms with Gasteiger partial charge in [-0.1, -0.05) is 11.8 Å². The maximum absolute atomic E-state index is 12.7. The largest absolute Gasteiger partial charge is 0.433 e. The van der Waals surface area contributed by atoms with Gasteiger partial charge in [-0.05, 0) is 25.3 Å². The van der Waals surface area contributed by atoms with Gasteiger partial charge in [-0.15, -0.1) is 0 Å². The van der Waals surface area contributed by atoms with Crippen LogP contribution in [0.4, 0.5) is 13.2 Å². The Morgan fingerprint density at radius 3 is 2.70 bits per heavy atom. The molecule has 2 saturated heterocycles. The van der Waals surface area contributed by atoms with Gasteiger partial charge in [0.05, 0.1) is 5.25 Å². The van der Waals surface area contributed by atoms with Crippen molar-refractivity contribution < 1.29 is 22.7 Å². The summed E-state index contributed by atoms with van der Waals surface area (Å²) in [5.41, 5.74) is -0.985. The molecule has 126 valence electrons. The quantitative estimate of drug-likeness (QED) is 0.786. The number of likely N-dealkylation sites (tertiary alicyclic amines) is 1. The summed E-state index contributed by atoms with van der Waals surface area (Å²) >= 11 is 1.01. The third kappa shape index (κ3) is 3.77. The summed E-state index contributed by atoms with van der Waals surface area (Å²) in [4.78, 5) is 21.7. The Kier molecular flexibility index (Phi) is 4.77. The molecule has 0 radical (unpaired) electrons. The summed E-state index contributed by atoms with van der Waals surface area (Å²) in [5.74, 6) is -0.0390. The number of hydrogen-bond acceptors (Lipinski definition) is 5. The van der Waals surface area contributed by atoms with Gasteiger partial charge < -0.3 is 9.64 Å². The smallest absolute Gasteiger partial charge is 0.381 e. The van der Waals surface area contributed by atoms with Crippen LogP contribution in [0.3, 0.4) is 0 Å². The predicted octanol–water partition coefficient (Wildman–Crippen LogP) is 2.37. The molecule has 3 heterocycles. The van der Waals surface area contributed by atoms with Crippen molar-refractivity contribution in [1.82, 2.24) is 14.9 Å². The zero-order valence-corrected chi connectivity index (χ0v) is 13.1. The Bertz CT molecular complexity index is 579. The highest BCUT2D eigenvalue weighted by molar-refractivity contribution is 8.00. The fourth-order valence-corrected chi connectivity index (χ4v) is 3.81. The second-order valence-electron chi connectivity index (χ2n) is 5.49. The summed E-state index contributed by atoms with van der Waals surface area (Å²) in [6.07, 6.45) is -1.22. The number of ether oxygens (including phenoxy) is 1. The first kappa shape index (κ1) is 16.5. The number of thioether (sulfide) groups is 1. The number of rotatable bonds is 3. The van der Waals surface area contributed by atoms with Crippen LogP contribution in [0.1, 0.15) is 25.0 Å². The van der Waals surface area contributed by atoms with Gasteiger partial charge in [-0.25, -0.2) is 9.97 Å². The minimum Gasteiger partial charge on any atom is -0.381 e. The minimum atomic E-state index is -4.51. The van der Waals surface area contributed by atoms with E-state index in [-0.39, 0.29) is 17.1 Å². The van der Waals surface area contributed by atoms with Gasteiger partial charge in [-0.2, -0.15) is 13.2 Å². The minimum absolute atomic E-state index is 0.00741. The number of hydrogen-bond donors (Lipinski definition) is 0. The number of amides is 1. The summed E-state index contributed by atoms with van der Waals surface area (Å²) in [6.45, 7) is 1.91. The second-order valence-corrected chi connectivity index (χ2v) is 6.66. The lowest BCUT2D eigenvalue weighted by atomic mass is 10.1. The fourth-order valence-electron chi connectivity index (χ4n) is 2.83. The normalized spacial score (nSPS) is 23.5. The number of halogens is 3. The molecule has 3 rings (SSSR count). The topological polar surface area (TPSA) is 55.3 Å². The molecular weight excluding hydrogens is 331 g/mol. The van der Waals surface area contributed by atoms with Gasteiger partial charge in [0.25, 0.3) is 0 Å². The van der Waals surface area contributed by atoms with Gasteiger partial charge in [-0.3, -0.25) is 4.79 Å². The molecule has 9 heteroatoms. The van der Waals surface area contributed by atoms with E-state index in [1.807, 2.05) is 4.90 Å². The predicted molar refractivity (Wildman–Crippen MR) is 76.9 cm³/mol. The molecule has 2 aliphatic rings. The highest BCUT2D eigenvalue weighted by atomic mass is 32.2. The molecular formula is C14H16F3N3O2S. The number of aromatic nitrogens is 2. The van der Waals surface area contributed by atoms with E-state index in [4.69, 9.17) is 4.74 Å². The Hall–Kier alpha value is -1.35. The highest BCUT2D eigenvalue weighted by Gasteiger charge is 2.38. The van der Waals surface area contributed by atoms with E-state index >= 15 is 0 Å². The van der Waals surface area contributed by atoms with Crippen LogP contribution in [-0.2, 0) is 15.7 Å². The third-order valence-electron chi connectivity index (χ3n) is 3.99. The van der Waals surface area contributed by atoms with Crippen LogP contribution in [0.5, 0.6) is 0 Å². The van der Waals surface area contributed by atoms with Crippen LogP contribution < -0.4 is 0 Å². The molecule has 5 nitrogen and oxygen atoms in total. The van der Waals surface area contributed by atoms with Gasteiger partial charge in [0.15, 0.2) is 5.16 Å². The zero-order chi connectivity index (χ0) is 16.4. The van der Waals surface area contributed by atoms with Crippen molar-refractivity contribution in [3.05, 3.63) is 18.0 Å². The Labute approximate surface area is 135 Å². The Morgan fingerprint density at radius 1 is 1.26 bits per heavy atom. The van der Waals surface area contributed by atoms with E-state index in [2.05, 4.69) is 9.97 Å². The first-order valence-electron chi connectivity index (χ1n) is 7.40. The number of carbonyl (C=O) groups is 1. The van der Waals surface area contributed by atoms with Crippen molar-refractivity contribution in [2.75, 3.05) is 19.8 Å². The van der Waals surface area contributed by atoms with Crippen LogP contribution in [0.2, 0.25) is 0 Å². The standard InChI is InChI=1S/C14H16F3N3O2S/c15-14(16,17)11-1-5-18-13(19-11)23-10-2-6-20(12(10)21)9-3-7-22-8-4-9/h1,5,9-10H,2-4,6-8H2. The molecule has 1 aromatic heterocycles. The Morgan fingerprint density at radius 2 is 2.00 bits per heavy atom. The maximum Gasteiger partial charge on any atom is 0.433 e. The average Bonchev–Trinajstić information content (AvgIpc) is 2.89. The van der Waals surface area contributed by atoms with Crippen LogP contribution in [0.25, 0.3) is 0 Å². The molecule has 2 aliphatic heterocycles. The molecule has 23 heavy (non-hydrogen) atoms. The molecule has 0 saturated carbocycles. The van der Waals surface area contributed by atoms with Gasteiger partial charge >= 0.3 is 6.18 Å². The number of nitrogens with zero attached hydrogens (tertiary/aromatic N) is 3. The average molecular weight is 347 g/mol. The maximum atomic E-state index is 12.7. The van der Waals surface area contributed by atoms with Crippen molar-refractivity contribution in [3.8, 4) is 0 Å². The highest BCUT2D eigenvalue weighted by Crippen LogP contribution is 2.33. The molecule has 0 aromatic carbocycles. The van der Waals surface area contributed by atoms with Crippen molar-refractivity contribution in [3.63, 3.8) is 0 Å². The van der Waals surface area contributed by atoms with Crippen molar-refractivity contribution in [1.29, 1.82) is 0 Å². The molecule has 0 aliphatic carbocycles. The third-order valence-corrected chi connectivity index (χ3v) is 5.12. The van der Waals surface area contributed by atoms with Crippen LogP contribution in [-0.4, -0.2) is 51.8 Å². The number of carbonyl (C=O) groups excluding carboxylic acids is 1. The van der Waals surface area contributed by atoms with E-state index in [0.717, 1.165) is 36.9 Å². The summed E-state index contributed by atoms with van der Waals surface area (Å²) in [7, 11) is 0. The van der Waals surface area contributed by atoms with Crippen molar-refractivity contribution in [2.24, 2.45) is 0 Å². The van der Waals surface area contributed by atoms with E-state index in [0.29, 0.717) is 26.2 Å². The molecule has 1 aromatic rings. The first-order chi connectivity index (χ1) is 10.9. The zero-order valence-electron chi connectivity index (χ0n) is 12.3. The molecule has 2 fully saturated rings. The fraction of sp³-hybridized carbons (Fsp3) is 0.643. The SMILES string of the molecule is O=C1C(Sc2nccc(C(F)(F)F)n2)CCN1C1CCOCC1. The van der Waals surface area contributed by atoms with Crippen LogP contribution in [0, 0.1) is 0 Å². The monoisotopic (exact) mass is 347 g/mol. The van der Waals surface area contributed by atoms with E-state index in [1.165, 1.54) is 0 Å². The lowest BCUT2D eigenvalue weighted by molar-refractivity contribution is -0.141. The Balaban J connectivity index is 1.66. The molecule has 1 unspecified atom stereocenters.